The lowest BCUT2D eigenvalue weighted by molar-refractivity contribution is 0.0823. The smallest absolute Gasteiger partial charge is 0.168 e. The summed E-state index contributed by atoms with van der Waals surface area (Å²) < 4.78 is 12.4. The number of unbranched alkanes of at least 4 members (excludes halogenated alkanes) is 4. The average molecular weight is 469 g/mol. The molecule has 2 aromatic rings. The van der Waals surface area contributed by atoms with E-state index in [1.807, 2.05) is 44.2 Å². The summed E-state index contributed by atoms with van der Waals surface area (Å²) in [5, 5.41) is 0. The van der Waals surface area contributed by atoms with Crippen molar-refractivity contribution < 1.29 is 9.35 Å². The molecule has 0 spiro atoms. The van der Waals surface area contributed by atoms with E-state index < -0.39 is 11.2 Å². The number of hydrogen-bond acceptors (Lipinski definition) is 2. The van der Waals surface area contributed by atoms with Gasteiger partial charge in [0.25, 0.3) is 0 Å². The number of rotatable bonds is 16. The summed E-state index contributed by atoms with van der Waals surface area (Å²) in [6.07, 6.45) is 9.70. The van der Waals surface area contributed by atoms with Gasteiger partial charge in [0.15, 0.2) is 5.78 Å². The lowest BCUT2D eigenvalue weighted by atomic mass is 9.80. The molecule has 0 saturated carbocycles. The molecule has 0 amide bonds. The van der Waals surface area contributed by atoms with Crippen LogP contribution in [0.3, 0.4) is 0 Å². The van der Waals surface area contributed by atoms with E-state index in [9.17, 15) is 9.35 Å². The first-order valence-electron chi connectivity index (χ1n) is 12.7. The van der Waals surface area contributed by atoms with Crippen LogP contribution in [-0.2, 0) is 17.6 Å². The van der Waals surface area contributed by atoms with Crippen LogP contribution in [0.25, 0.3) is 0 Å². The Bertz CT molecular complexity index is 799. The van der Waals surface area contributed by atoms with Gasteiger partial charge in [0.1, 0.15) is 11.5 Å². The molecular formula is C30H44O2S. The molecule has 1 atom stereocenters. The van der Waals surface area contributed by atoms with Gasteiger partial charge in [-0.15, -0.1) is 0 Å². The number of benzene rings is 2. The Morgan fingerprint density at radius 2 is 1.24 bits per heavy atom. The Balaban J connectivity index is 1.52. The van der Waals surface area contributed by atoms with Gasteiger partial charge in [0, 0.05) is 11.0 Å². The second-order valence-electron chi connectivity index (χ2n) is 10.9. The third kappa shape index (κ3) is 10.9. The Labute approximate surface area is 205 Å². The zero-order chi connectivity index (χ0) is 24.2. The minimum Gasteiger partial charge on any atom is -0.616 e. The quantitative estimate of drug-likeness (QED) is 0.142. The third-order valence-electron chi connectivity index (χ3n) is 6.58. The summed E-state index contributed by atoms with van der Waals surface area (Å²) in [6, 6.07) is 20.3. The summed E-state index contributed by atoms with van der Waals surface area (Å²) in [4.78, 5) is 12.7. The molecule has 2 nitrogen and oxygen atoms in total. The zero-order valence-corrected chi connectivity index (χ0v) is 22.1. The molecule has 0 fully saturated rings. The van der Waals surface area contributed by atoms with Crippen molar-refractivity contribution in [3.05, 3.63) is 71.8 Å². The molecule has 0 heterocycles. The van der Waals surface area contributed by atoms with Gasteiger partial charge in [-0.25, -0.2) is 0 Å². The van der Waals surface area contributed by atoms with Gasteiger partial charge in [-0.2, -0.15) is 0 Å². The van der Waals surface area contributed by atoms with E-state index in [4.69, 9.17) is 0 Å². The Kier molecular flexibility index (Phi) is 11.7. The zero-order valence-electron chi connectivity index (χ0n) is 21.3. The van der Waals surface area contributed by atoms with Crippen molar-refractivity contribution in [3.63, 3.8) is 0 Å². The highest BCUT2D eigenvalue weighted by atomic mass is 32.2. The molecule has 0 N–H and O–H groups in total. The summed E-state index contributed by atoms with van der Waals surface area (Å²) in [5.74, 6) is 1.85. The van der Waals surface area contributed by atoms with Crippen LogP contribution >= 0.6 is 0 Å². The van der Waals surface area contributed by atoms with Crippen molar-refractivity contribution in [2.24, 2.45) is 10.8 Å². The standard InChI is InChI=1S/C30H44O2S/c1-29(2,25-26-17-9-5-10-18-26)21-13-7-15-23-33(32)24-16-8-14-22-30(3,4)28(31)27-19-11-6-12-20-27/h5-6,9-12,17-20H,7-8,13-16,21-25H2,1-4H3. The van der Waals surface area contributed by atoms with Gasteiger partial charge < -0.3 is 4.55 Å². The van der Waals surface area contributed by atoms with E-state index >= 15 is 0 Å². The molecule has 2 aromatic carbocycles. The Morgan fingerprint density at radius 3 is 1.82 bits per heavy atom. The van der Waals surface area contributed by atoms with Crippen LogP contribution in [0.5, 0.6) is 0 Å². The summed E-state index contributed by atoms with van der Waals surface area (Å²) in [5.41, 5.74) is 2.19. The van der Waals surface area contributed by atoms with Gasteiger partial charge in [-0.05, 0) is 55.9 Å². The number of Topliss-reactive ketones (excluding diaryl/α,β-unsaturated/α-hetero) is 1. The lowest BCUT2D eigenvalue weighted by Gasteiger charge is -2.24. The SMILES string of the molecule is CC(C)(CCCCC[S+]([O-])CCCCCC(C)(C)C(=O)c1ccccc1)Cc1ccccc1. The fourth-order valence-corrected chi connectivity index (χ4v) is 5.74. The van der Waals surface area contributed by atoms with Crippen LogP contribution in [0.4, 0.5) is 0 Å². The normalized spacial score (nSPS) is 13.1. The van der Waals surface area contributed by atoms with E-state index in [1.165, 1.54) is 24.8 Å². The molecule has 0 bridgehead atoms. The number of carbonyl (C=O) groups is 1. The highest BCUT2D eigenvalue weighted by Crippen LogP contribution is 2.29. The molecule has 0 radical (unpaired) electrons. The van der Waals surface area contributed by atoms with Gasteiger partial charge in [0.05, 0.1) is 0 Å². The molecule has 2 rings (SSSR count). The van der Waals surface area contributed by atoms with Crippen LogP contribution < -0.4 is 0 Å². The first-order chi connectivity index (χ1) is 15.7. The molecule has 0 aliphatic carbocycles. The molecule has 1 unspecified atom stereocenters. The molecule has 0 aliphatic rings. The maximum absolute atomic E-state index is 12.7. The highest BCUT2D eigenvalue weighted by molar-refractivity contribution is 7.91. The van der Waals surface area contributed by atoms with Crippen LogP contribution in [0.1, 0.15) is 95.0 Å². The predicted octanol–water partition coefficient (Wildman–Crippen LogP) is 8.03. The van der Waals surface area contributed by atoms with Gasteiger partial charge in [-0.3, -0.25) is 4.79 Å². The predicted molar refractivity (Wildman–Crippen MR) is 143 cm³/mol. The van der Waals surface area contributed by atoms with Gasteiger partial charge in [-0.1, -0.05) is 112 Å². The van der Waals surface area contributed by atoms with E-state index in [2.05, 4.69) is 44.2 Å². The Morgan fingerprint density at radius 1 is 0.727 bits per heavy atom. The maximum Gasteiger partial charge on any atom is 0.168 e. The van der Waals surface area contributed by atoms with Crippen molar-refractivity contribution in [2.75, 3.05) is 11.5 Å². The average Bonchev–Trinajstić information content (AvgIpc) is 2.79. The third-order valence-corrected chi connectivity index (χ3v) is 8.06. The second-order valence-corrected chi connectivity index (χ2v) is 12.6. The van der Waals surface area contributed by atoms with E-state index in [-0.39, 0.29) is 11.2 Å². The van der Waals surface area contributed by atoms with Crippen LogP contribution in [0.2, 0.25) is 0 Å². The van der Waals surface area contributed by atoms with Crippen molar-refractivity contribution in [3.8, 4) is 0 Å². The van der Waals surface area contributed by atoms with Crippen LogP contribution in [-0.4, -0.2) is 21.8 Å². The minimum atomic E-state index is -0.706. The molecule has 0 saturated heterocycles. The topological polar surface area (TPSA) is 40.1 Å². The first-order valence-corrected chi connectivity index (χ1v) is 14.2. The van der Waals surface area contributed by atoms with Crippen molar-refractivity contribution in [1.29, 1.82) is 0 Å². The monoisotopic (exact) mass is 468 g/mol. The number of carbonyl (C=O) groups excluding carboxylic acids is 1. The molecule has 3 heteroatoms. The summed E-state index contributed by atoms with van der Waals surface area (Å²) in [6.45, 7) is 8.79. The summed E-state index contributed by atoms with van der Waals surface area (Å²) in [7, 11) is 0. The molecule has 33 heavy (non-hydrogen) atoms. The minimum absolute atomic E-state index is 0.221. The van der Waals surface area contributed by atoms with Crippen molar-refractivity contribution >= 4 is 17.0 Å². The molecule has 0 aromatic heterocycles. The fourth-order valence-electron chi connectivity index (χ4n) is 4.48. The second kappa shape index (κ2) is 14.0. The van der Waals surface area contributed by atoms with E-state index in [1.54, 1.807) is 0 Å². The summed E-state index contributed by atoms with van der Waals surface area (Å²) >= 11 is -0.706. The number of ketones is 1. The molecule has 0 aliphatic heterocycles. The maximum atomic E-state index is 12.7. The first kappa shape index (κ1) is 27.7. The van der Waals surface area contributed by atoms with E-state index in [0.717, 1.165) is 55.6 Å². The van der Waals surface area contributed by atoms with Crippen LogP contribution in [0, 0.1) is 10.8 Å². The largest absolute Gasteiger partial charge is 0.616 e. The Hall–Kier alpha value is -1.58. The van der Waals surface area contributed by atoms with Gasteiger partial charge in [0.2, 0.25) is 0 Å². The van der Waals surface area contributed by atoms with E-state index in [0.29, 0.717) is 5.41 Å². The van der Waals surface area contributed by atoms with Crippen LogP contribution in [0.15, 0.2) is 60.7 Å². The fraction of sp³-hybridized carbons (Fsp3) is 0.567. The van der Waals surface area contributed by atoms with Gasteiger partial charge >= 0.3 is 0 Å². The van der Waals surface area contributed by atoms with Crippen molar-refractivity contribution in [2.45, 2.75) is 85.5 Å². The molecule has 182 valence electrons. The molecular weight excluding hydrogens is 424 g/mol. The number of hydrogen-bond donors (Lipinski definition) is 0. The lowest BCUT2D eigenvalue weighted by Crippen LogP contribution is -2.24. The van der Waals surface area contributed by atoms with Crippen molar-refractivity contribution in [1.82, 2.24) is 0 Å². The highest BCUT2D eigenvalue weighted by Gasteiger charge is 2.27.